The SMILES string of the molecule is Cc1cccc2c1NCCC2C(=O)n1nc2c(c1N)CC(C)OC2. The first-order valence-corrected chi connectivity index (χ1v) is 8.41. The second-order valence-corrected chi connectivity index (χ2v) is 6.69. The number of hydrogen-bond donors (Lipinski definition) is 2. The van der Waals surface area contributed by atoms with Gasteiger partial charge in [-0.15, -0.1) is 0 Å². The second kappa shape index (κ2) is 5.63. The van der Waals surface area contributed by atoms with Crippen LogP contribution in [0.5, 0.6) is 0 Å². The highest BCUT2D eigenvalue weighted by Crippen LogP contribution is 2.36. The zero-order chi connectivity index (χ0) is 16.8. The van der Waals surface area contributed by atoms with Gasteiger partial charge in [0.1, 0.15) is 5.82 Å². The zero-order valence-electron chi connectivity index (χ0n) is 14.0. The van der Waals surface area contributed by atoms with Gasteiger partial charge in [0.2, 0.25) is 0 Å². The summed E-state index contributed by atoms with van der Waals surface area (Å²) in [6.07, 6.45) is 1.55. The lowest BCUT2D eigenvalue weighted by molar-refractivity contribution is 0.0390. The third kappa shape index (κ3) is 2.29. The molecule has 1 aromatic heterocycles. The van der Waals surface area contributed by atoms with Crippen LogP contribution in [0.1, 0.15) is 46.4 Å². The lowest BCUT2D eigenvalue weighted by Crippen LogP contribution is -2.28. The van der Waals surface area contributed by atoms with Gasteiger partial charge in [-0.2, -0.15) is 9.78 Å². The molecule has 1 aromatic carbocycles. The van der Waals surface area contributed by atoms with Crippen molar-refractivity contribution in [2.24, 2.45) is 0 Å². The highest BCUT2D eigenvalue weighted by molar-refractivity contribution is 5.90. The number of anilines is 2. The van der Waals surface area contributed by atoms with Crippen molar-refractivity contribution in [3.8, 4) is 0 Å². The zero-order valence-corrected chi connectivity index (χ0v) is 14.0. The predicted molar refractivity (Wildman–Crippen MR) is 92.2 cm³/mol. The maximum Gasteiger partial charge on any atom is 0.256 e. The van der Waals surface area contributed by atoms with Gasteiger partial charge in [-0.1, -0.05) is 18.2 Å². The van der Waals surface area contributed by atoms with Crippen molar-refractivity contribution in [3.05, 3.63) is 40.6 Å². The third-order valence-electron chi connectivity index (χ3n) is 5.02. The van der Waals surface area contributed by atoms with Crippen LogP contribution in [0.2, 0.25) is 0 Å². The topological polar surface area (TPSA) is 82.2 Å². The highest BCUT2D eigenvalue weighted by Gasteiger charge is 2.32. The standard InChI is InChI=1S/C18H22N4O2/c1-10-4-3-5-12-13(6-7-20-16(10)12)18(23)22-17(19)14-8-11(2)24-9-15(14)21-22/h3-5,11,13,20H,6-9,19H2,1-2H3. The van der Waals surface area contributed by atoms with Crippen molar-refractivity contribution in [2.45, 2.75) is 45.3 Å². The van der Waals surface area contributed by atoms with Crippen LogP contribution in [0.25, 0.3) is 0 Å². The number of aryl methyl sites for hydroxylation is 1. The summed E-state index contributed by atoms with van der Waals surface area (Å²) in [6.45, 7) is 5.25. The molecule has 2 aliphatic heterocycles. The van der Waals surface area contributed by atoms with E-state index in [1.165, 1.54) is 4.68 Å². The van der Waals surface area contributed by atoms with Crippen LogP contribution in [0.4, 0.5) is 11.5 Å². The van der Waals surface area contributed by atoms with Crippen molar-refractivity contribution in [1.82, 2.24) is 9.78 Å². The minimum atomic E-state index is -0.219. The molecule has 2 aromatic rings. The summed E-state index contributed by atoms with van der Waals surface area (Å²) in [6, 6.07) is 6.06. The molecule has 126 valence electrons. The number of para-hydroxylation sites is 1. The fourth-order valence-electron chi connectivity index (χ4n) is 3.71. The van der Waals surface area contributed by atoms with Gasteiger partial charge in [0, 0.05) is 24.2 Å². The number of nitrogens with one attached hydrogen (secondary N) is 1. The van der Waals surface area contributed by atoms with Crippen molar-refractivity contribution >= 4 is 17.4 Å². The predicted octanol–water partition coefficient (Wildman–Crippen LogP) is 2.47. The lowest BCUT2D eigenvalue weighted by atomic mass is 9.88. The van der Waals surface area contributed by atoms with E-state index < -0.39 is 0 Å². The molecule has 2 aliphatic rings. The van der Waals surface area contributed by atoms with Crippen molar-refractivity contribution in [2.75, 3.05) is 17.6 Å². The summed E-state index contributed by atoms with van der Waals surface area (Å²) < 4.78 is 7.01. The Hall–Kier alpha value is -2.34. The van der Waals surface area contributed by atoms with E-state index in [0.29, 0.717) is 18.8 Å². The molecule has 2 unspecified atom stereocenters. The molecule has 6 heteroatoms. The van der Waals surface area contributed by atoms with Crippen molar-refractivity contribution in [1.29, 1.82) is 0 Å². The van der Waals surface area contributed by atoms with E-state index in [0.717, 1.165) is 41.0 Å². The van der Waals surface area contributed by atoms with Crippen LogP contribution in [0.3, 0.4) is 0 Å². The van der Waals surface area contributed by atoms with Crippen LogP contribution >= 0.6 is 0 Å². The highest BCUT2D eigenvalue weighted by atomic mass is 16.5. The molecule has 0 amide bonds. The number of nitrogen functional groups attached to an aromatic ring is 1. The van der Waals surface area contributed by atoms with Crippen molar-refractivity contribution < 1.29 is 9.53 Å². The Bertz CT molecular complexity index is 812. The maximum atomic E-state index is 13.1. The van der Waals surface area contributed by atoms with Gasteiger partial charge in [-0.25, -0.2) is 0 Å². The number of rotatable bonds is 1. The fraction of sp³-hybridized carbons (Fsp3) is 0.444. The molecule has 4 rings (SSSR count). The monoisotopic (exact) mass is 326 g/mol. The van der Waals surface area contributed by atoms with E-state index in [4.69, 9.17) is 10.5 Å². The molecular formula is C18H22N4O2. The van der Waals surface area contributed by atoms with Crippen LogP contribution in [0, 0.1) is 6.92 Å². The first kappa shape index (κ1) is 15.2. The number of carbonyl (C=O) groups excluding carboxylic acids is 1. The molecule has 0 spiro atoms. The van der Waals surface area contributed by atoms with Gasteiger partial charge in [0.05, 0.1) is 24.3 Å². The van der Waals surface area contributed by atoms with Gasteiger partial charge < -0.3 is 15.8 Å². The summed E-state index contributed by atoms with van der Waals surface area (Å²) in [7, 11) is 0. The third-order valence-corrected chi connectivity index (χ3v) is 5.02. The number of nitrogens with zero attached hydrogens (tertiary/aromatic N) is 2. The number of fused-ring (bicyclic) bond motifs is 2. The first-order valence-electron chi connectivity index (χ1n) is 8.41. The van der Waals surface area contributed by atoms with Gasteiger partial charge in [0.15, 0.2) is 0 Å². The second-order valence-electron chi connectivity index (χ2n) is 6.69. The minimum Gasteiger partial charge on any atom is -0.385 e. The Balaban J connectivity index is 1.73. The average Bonchev–Trinajstić information content (AvgIpc) is 2.91. The molecule has 6 nitrogen and oxygen atoms in total. The number of aromatic nitrogens is 2. The van der Waals surface area contributed by atoms with E-state index in [-0.39, 0.29) is 17.9 Å². The molecule has 0 aliphatic carbocycles. The van der Waals surface area contributed by atoms with Crippen molar-refractivity contribution in [3.63, 3.8) is 0 Å². The molecule has 2 atom stereocenters. The molecular weight excluding hydrogens is 304 g/mol. The van der Waals surface area contributed by atoms with Crippen LogP contribution in [-0.2, 0) is 17.8 Å². The maximum absolute atomic E-state index is 13.1. The van der Waals surface area contributed by atoms with Gasteiger partial charge >= 0.3 is 0 Å². The average molecular weight is 326 g/mol. The minimum absolute atomic E-state index is 0.0529. The molecule has 0 bridgehead atoms. The van der Waals surface area contributed by atoms with E-state index in [9.17, 15) is 4.79 Å². The summed E-state index contributed by atoms with van der Waals surface area (Å²) in [5.41, 5.74) is 11.2. The first-order chi connectivity index (χ1) is 11.6. The Morgan fingerprint density at radius 3 is 3.12 bits per heavy atom. The quantitative estimate of drug-likeness (QED) is 0.841. The molecule has 0 saturated carbocycles. The smallest absolute Gasteiger partial charge is 0.256 e. The molecule has 3 N–H and O–H groups in total. The summed E-state index contributed by atoms with van der Waals surface area (Å²) >= 11 is 0. The van der Waals surface area contributed by atoms with E-state index >= 15 is 0 Å². The molecule has 24 heavy (non-hydrogen) atoms. The Morgan fingerprint density at radius 2 is 2.29 bits per heavy atom. The van der Waals surface area contributed by atoms with E-state index in [1.807, 2.05) is 19.1 Å². The number of nitrogens with two attached hydrogens (primary N) is 1. The normalized spacial score (nSPS) is 22.4. The Morgan fingerprint density at radius 1 is 1.46 bits per heavy atom. The summed E-state index contributed by atoms with van der Waals surface area (Å²) in [5, 5.41) is 7.86. The number of benzene rings is 1. The molecule has 0 saturated heterocycles. The summed E-state index contributed by atoms with van der Waals surface area (Å²) in [4.78, 5) is 13.1. The number of carbonyl (C=O) groups is 1. The Kier molecular flexibility index (Phi) is 3.57. The lowest BCUT2D eigenvalue weighted by Gasteiger charge is -2.27. The summed E-state index contributed by atoms with van der Waals surface area (Å²) in [5.74, 6) is 0.198. The molecule has 0 radical (unpaired) electrons. The number of hydrogen-bond acceptors (Lipinski definition) is 5. The van der Waals surface area contributed by atoms with E-state index in [1.54, 1.807) is 0 Å². The molecule has 0 fully saturated rings. The number of ether oxygens (including phenoxy) is 1. The van der Waals surface area contributed by atoms with Gasteiger partial charge in [0.25, 0.3) is 5.91 Å². The molecule has 3 heterocycles. The largest absolute Gasteiger partial charge is 0.385 e. The fourth-order valence-corrected chi connectivity index (χ4v) is 3.71. The van der Waals surface area contributed by atoms with Crippen LogP contribution in [0.15, 0.2) is 18.2 Å². The van der Waals surface area contributed by atoms with Gasteiger partial charge in [-0.05, 0) is 31.4 Å². The Labute approximate surface area is 141 Å². The van der Waals surface area contributed by atoms with E-state index in [2.05, 4.69) is 23.4 Å². The van der Waals surface area contributed by atoms with Gasteiger partial charge in [-0.3, -0.25) is 4.79 Å². The van der Waals surface area contributed by atoms with Crippen LogP contribution < -0.4 is 11.1 Å². The van der Waals surface area contributed by atoms with Crippen LogP contribution in [-0.4, -0.2) is 28.3 Å².